The molecule has 0 fully saturated rings. The smallest absolute Gasteiger partial charge is 0.341 e. The van der Waals surface area contributed by atoms with Crippen LogP contribution in [0.1, 0.15) is 32.1 Å². The number of carbonyl (C=O) groups is 2. The fourth-order valence-corrected chi connectivity index (χ4v) is 2.05. The number of esters is 1. The maximum absolute atomic E-state index is 13.4. The molecule has 2 rings (SSSR count). The molecule has 5 heteroatoms. The van der Waals surface area contributed by atoms with Gasteiger partial charge in [-0.15, -0.1) is 0 Å². The minimum atomic E-state index is -0.841. The summed E-state index contributed by atoms with van der Waals surface area (Å²) in [5.74, 6) is -1.81. The van der Waals surface area contributed by atoms with Crippen LogP contribution in [0.25, 0.3) is 0 Å². The molecular weight excluding hydrogens is 273 g/mol. The minimum Gasteiger partial charge on any atom is -0.454 e. The number of ether oxygens (including phenoxy) is 1. The second-order valence-corrected chi connectivity index (χ2v) is 4.82. The van der Waals surface area contributed by atoms with Gasteiger partial charge in [-0.25, -0.2) is 9.18 Å². The van der Waals surface area contributed by atoms with Crippen molar-refractivity contribution >= 4 is 11.8 Å². The van der Waals surface area contributed by atoms with E-state index in [-0.39, 0.29) is 11.3 Å². The molecule has 0 N–H and O–H groups in total. The van der Waals surface area contributed by atoms with Crippen LogP contribution in [0.15, 0.2) is 30.3 Å². The van der Waals surface area contributed by atoms with Crippen molar-refractivity contribution in [3.63, 3.8) is 0 Å². The molecule has 110 valence electrons. The first kappa shape index (κ1) is 15.0. The summed E-state index contributed by atoms with van der Waals surface area (Å²) in [6.07, 6.45) is 0. The Morgan fingerprint density at radius 1 is 1.19 bits per heavy atom. The van der Waals surface area contributed by atoms with E-state index in [9.17, 15) is 14.0 Å². The topological polar surface area (TPSA) is 48.3 Å². The van der Waals surface area contributed by atoms with E-state index in [2.05, 4.69) is 0 Å². The van der Waals surface area contributed by atoms with E-state index in [1.54, 1.807) is 6.07 Å². The summed E-state index contributed by atoms with van der Waals surface area (Å²) < 4.78 is 20.2. The number of halogens is 1. The predicted molar refractivity (Wildman–Crippen MR) is 75.9 cm³/mol. The van der Waals surface area contributed by atoms with Crippen LogP contribution < -0.4 is 0 Å². The Labute approximate surface area is 122 Å². The number of ketones is 1. The third-order valence-electron chi connectivity index (χ3n) is 3.50. The largest absolute Gasteiger partial charge is 0.454 e. The fraction of sp³-hybridized carbons (Fsp3) is 0.250. The fourth-order valence-electron chi connectivity index (χ4n) is 2.05. The maximum Gasteiger partial charge on any atom is 0.341 e. The molecule has 0 unspecified atom stereocenters. The molecule has 4 nitrogen and oxygen atoms in total. The molecule has 0 saturated carbocycles. The van der Waals surface area contributed by atoms with Crippen LogP contribution in [-0.4, -0.2) is 22.9 Å². The van der Waals surface area contributed by atoms with Crippen LogP contribution in [0.4, 0.5) is 4.39 Å². The number of benzene rings is 1. The van der Waals surface area contributed by atoms with Crippen molar-refractivity contribution in [3.05, 3.63) is 58.7 Å². The van der Waals surface area contributed by atoms with Crippen LogP contribution in [0.5, 0.6) is 0 Å². The maximum atomic E-state index is 13.4. The first-order valence-corrected chi connectivity index (χ1v) is 6.49. The summed E-state index contributed by atoms with van der Waals surface area (Å²) in [5.41, 5.74) is 2.08. The van der Waals surface area contributed by atoms with Gasteiger partial charge in [-0.1, -0.05) is 12.1 Å². The SMILES string of the molecule is Cc1cc(C(=O)COC(=O)c2ccccc2F)c(C)n1C. The van der Waals surface area contributed by atoms with Crippen LogP contribution >= 0.6 is 0 Å². The first-order valence-electron chi connectivity index (χ1n) is 6.49. The van der Waals surface area contributed by atoms with Crippen molar-refractivity contribution in [2.24, 2.45) is 7.05 Å². The third kappa shape index (κ3) is 3.02. The van der Waals surface area contributed by atoms with Crippen molar-refractivity contribution in [1.82, 2.24) is 4.57 Å². The van der Waals surface area contributed by atoms with Crippen molar-refractivity contribution in [2.45, 2.75) is 13.8 Å². The van der Waals surface area contributed by atoms with Gasteiger partial charge < -0.3 is 9.30 Å². The molecule has 21 heavy (non-hydrogen) atoms. The molecule has 0 bridgehead atoms. The standard InChI is InChI=1S/C16H16FNO3/c1-10-8-13(11(2)18(10)3)15(19)9-21-16(20)12-6-4-5-7-14(12)17/h4-8H,9H2,1-3H3. The summed E-state index contributed by atoms with van der Waals surface area (Å²) in [6.45, 7) is 3.30. The van der Waals surface area contributed by atoms with Gasteiger partial charge in [-0.3, -0.25) is 4.79 Å². The van der Waals surface area contributed by atoms with E-state index in [1.807, 2.05) is 25.5 Å². The molecule has 0 aliphatic carbocycles. The van der Waals surface area contributed by atoms with Crippen LogP contribution in [0, 0.1) is 19.7 Å². The molecule has 0 radical (unpaired) electrons. The zero-order chi connectivity index (χ0) is 15.6. The van der Waals surface area contributed by atoms with Crippen LogP contribution in [0.3, 0.4) is 0 Å². The number of hydrogen-bond acceptors (Lipinski definition) is 3. The van der Waals surface area contributed by atoms with Crippen molar-refractivity contribution in [3.8, 4) is 0 Å². The highest BCUT2D eigenvalue weighted by atomic mass is 19.1. The van der Waals surface area contributed by atoms with Crippen LogP contribution in [-0.2, 0) is 11.8 Å². The number of nitrogens with zero attached hydrogens (tertiary/aromatic N) is 1. The van der Waals surface area contributed by atoms with Crippen LogP contribution in [0.2, 0.25) is 0 Å². The van der Waals surface area contributed by atoms with Crippen molar-refractivity contribution in [1.29, 1.82) is 0 Å². The van der Waals surface area contributed by atoms with Gasteiger partial charge in [0.25, 0.3) is 0 Å². The Hall–Kier alpha value is -2.43. The Bertz CT molecular complexity index is 704. The quantitative estimate of drug-likeness (QED) is 0.642. The Kier molecular flexibility index (Phi) is 4.21. The van der Waals surface area contributed by atoms with Gasteiger partial charge in [0, 0.05) is 24.0 Å². The Morgan fingerprint density at radius 3 is 2.43 bits per heavy atom. The average Bonchev–Trinajstić information content (AvgIpc) is 2.72. The molecule has 2 aromatic rings. The van der Waals surface area contributed by atoms with E-state index >= 15 is 0 Å². The van der Waals surface area contributed by atoms with Gasteiger partial charge in [0.1, 0.15) is 5.82 Å². The van der Waals surface area contributed by atoms with E-state index in [0.717, 1.165) is 11.4 Å². The molecular formula is C16H16FNO3. The highest BCUT2D eigenvalue weighted by molar-refractivity contribution is 6.00. The number of Topliss-reactive ketones (excluding diaryl/α,β-unsaturated/α-hetero) is 1. The highest BCUT2D eigenvalue weighted by Crippen LogP contribution is 2.14. The number of hydrogen-bond donors (Lipinski definition) is 0. The highest BCUT2D eigenvalue weighted by Gasteiger charge is 2.18. The zero-order valence-corrected chi connectivity index (χ0v) is 12.1. The van der Waals surface area contributed by atoms with E-state index in [1.165, 1.54) is 24.3 Å². The lowest BCUT2D eigenvalue weighted by Gasteiger charge is -2.05. The van der Waals surface area contributed by atoms with E-state index < -0.39 is 18.4 Å². The molecule has 0 atom stereocenters. The van der Waals surface area contributed by atoms with Gasteiger partial charge in [-0.05, 0) is 32.0 Å². The average molecular weight is 289 g/mol. The summed E-state index contributed by atoms with van der Waals surface area (Å²) in [5, 5.41) is 0. The molecule has 1 aromatic carbocycles. The first-order chi connectivity index (χ1) is 9.91. The summed E-state index contributed by atoms with van der Waals surface area (Å²) in [7, 11) is 1.85. The summed E-state index contributed by atoms with van der Waals surface area (Å²) in [4.78, 5) is 23.8. The lowest BCUT2D eigenvalue weighted by molar-refractivity contribution is 0.0470. The van der Waals surface area contributed by atoms with Gasteiger partial charge in [0.05, 0.1) is 5.56 Å². The van der Waals surface area contributed by atoms with Gasteiger partial charge in [0.2, 0.25) is 5.78 Å². The Morgan fingerprint density at radius 2 is 1.86 bits per heavy atom. The lowest BCUT2D eigenvalue weighted by atomic mass is 10.1. The molecule has 0 saturated heterocycles. The molecule has 1 aromatic heterocycles. The molecule has 0 aliphatic rings. The van der Waals surface area contributed by atoms with Gasteiger partial charge in [-0.2, -0.15) is 0 Å². The lowest BCUT2D eigenvalue weighted by Crippen LogP contribution is -2.15. The van der Waals surface area contributed by atoms with Gasteiger partial charge >= 0.3 is 5.97 Å². The minimum absolute atomic E-state index is 0.175. The van der Waals surface area contributed by atoms with Gasteiger partial charge in [0.15, 0.2) is 6.61 Å². The predicted octanol–water partition coefficient (Wildman–Crippen LogP) is 2.82. The Balaban J connectivity index is 2.06. The van der Waals surface area contributed by atoms with E-state index in [4.69, 9.17) is 4.74 Å². The third-order valence-corrected chi connectivity index (χ3v) is 3.50. The van der Waals surface area contributed by atoms with E-state index in [0.29, 0.717) is 5.56 Å². The summed E-state index contributed by atoms with van der Waals surface area (Å²) in [6, 6.07) is 7.25. The number of aryl methyl sites for hydroxylation is 1. The number of carbonyl (C=O) groups excluding carboxylic acids is 2. The summed E-state index contributed by atoms with van der Waals surface area (Å²) >= 11 is 0. The molecule has 1 heterocycles. The number of aromatic nitrogens is 1. The normalized spacial score (nSPS) is 10.5. The molecule has 0 amide bonds. The monoisotopic (exact) mass is 289 g/mol. The molecule has 0 aliphatic heterocycles. The molecule has 0 spiro atoms. The second-order valence-electron chi connectivity index (χ2n) is 4.82. The van der Waals surface area contributed by atoms with Crippen molar-refractivity contribution < 1.29 is 18.7 Å². The number of rotatable bonds is 4. The van der Waals surface area contributed by atoms with Crippen molar-refractivity contribution in [2.75, 3.05) is 6.61 Å². The second kappa shape index (κ2) is 5.91. The zero-order valence-electron chi connectivity index (χ0n) is 12.1.